The van der Waals surface area contributed by atoms with E-state index in [0.717, 1.165) is 24.3 Å². The van der Waals surface area contributed by atoms with Crippen LogP contribution >= 0.6 is 21.6 Å². The summed E-state index contributed by atoms with van der Waals surface area (Å²) in [4.78, 5) is 18.5. The maximum atomic E-state index is 9.23. The van der Waals surface area contributed by atoms with Crippen LogP contribution in [-0.2, 0) is 0 Å². The summed E-state index contributed by atoms with van der Waals surface area (Å²) in [5.41, 5.74) is 0. The molecule has 0 aliphatic carbocycles. The average Bonchev–Trinajstić information content (AvgIpc) is 2.23. The first-order valence-electron chi connectivity index (χ1n) is 5.79. The molecular weight excluding hydrogens is 272 g/mol. The topological polar surface area (TPSA) is 40.5 Å². The molecule has 0 saturated heterocycles. The molecule has 0 rings (SSSR count). The van der Waals surface area contributed by atoms with Gasteiger partial charge in [-0.25, -0.2) is 0 Å². The molecule has 2 N–H and O–H groups in total. The smallest absolute Gasteiger partial charge is 0.162 e. The average molecular weight is 299 g/mol. The highest BCUT2D eigenvalue weighted by molar-refractivity contribution is 8.76. The van der Waals surface area contributed by atoms with Gasteiger partial charge in [0.25, 0.3) is 0 Å². The van der Waals surface area contributed by atoms with Gasteiger partial charge in [-0.1, -0.05) is 49.3 Å². The van der Waals surface area contributed by atoms with Crippen molar-refractivity contribution in [1.29, 1.82) is 0 Å². The first kappa shape index (κ1) is 17.1. The van der Waals surface area contributed by atoms with Crippen molar-refractivity contribution in [2.24, 2.45) is 0 Å². The minimum absolute atomic E-state index is 0.199. The first-order valence-corrected chi connectivity index (χ1v) is 11.0. The summed E-state index contributed by atoms with van der Waals surface area (Å²) < 4.78 is 0. The maximum absolute atomic E-state index is 9.23. The Morgan fingerprint density at radius 1 is 0.812 bits per heavy atom. The molecule has 0 saturated carbocycles. The van der Waals surface area contributed by atoms with Crippen LogP contribution in [0.5, 0.6) is 0 Å². The van der Waals surface area contributed by atoms with Gasteiger partial charge in [0.05, 0.1) is 0 Å². The molecule has 0 aromatic heterocycles. The summed E-state index contributed by atoms with van der Waals surface area (Å²) in [6.07, 6.45) is 2.23. The van der Waals surface area contributed by atoms with Gasteiger partial charge >= 0.3 is 0 Å². The van der Waals surface area contributed by atoms with Gasteiger partial charge in [-0.05, 0) is 22.9 Å². The van der Waals surface area contributed by atoms with Crippen LogP contribution in [0.2, 0.25) is 10.1 Å². The van der Waals surface area contributed by atoms with Crippen molar-refractivity contribution in [3.05, 3.63) is 0 Å². The van der Waals surface area contributed by atoms with Crippen molar-refractivity contribution in [3.8, 4) is 0 Å². The predicted molar refractivity (Wildman–Crippen MR) is 83.8 cm³/mol. The lowest BCUT2D eigenvalue weighted by Crippen LogP contribution is -2.13. The van der Waals surface area contributed by atoms with Crippen LogP contribution < -0.4 is 0 Å². The van der Waals surface area contributed by atoms with Crippen molar-refractivity contribution >= 4 is 41.1 Å². The normalized spacial score (nSPS) is 14.6. The van der Waals surface area contributed by atoms with E-state index < -0.39 is 19.5 Å². The molecule has 0 spiro atoms. The molecule has 0 fully saturated rings. The van der Waals surface area contributed by atoms with E-state index >= 15 is 0 Å². The van der Waals surface area contributed by atoms with Gasteiger partial charge in [0, 0.05) is 11.5 Å². The molecule has 98 valence electrons. The summed E-state index contributed by atoms with van der Waals surface area (Å²) in [7, 11) is 2.07. The SMILES string of the molecule is CC(C)(CCSSCCC(C)(C)[SiH2]O)[SiH2]O. The van der Waals surface area contributed by atoms with Crippen LogP contribution in [0.3, 0.4) is 0 Å². The van der Waals surface area contributed by atoms with Crippen molar-refractivity contribution in [2.75, 3.05) is 11.5 Å². The lowest BCUT2D eigenvalue weighted by atomic mass is 10.1. The van der Waals surface area contributed by atoms with E-state index in [0.29, 0.717) is 0 Å². The number of hydrogen-bond acceptors (Lipinski definition) is 4. The Kier molecular flexibility index (Phi) is 8.75. The predicted octanol–water partition coefficient (Wildman–Crippen LogP) is 1.70. The van der Waals surface area contributed by atoms with E-state index in [4.69, 9.17) is 0 Å². The molecule has 0 bridgehead atoms. The van der Waals surface area contributed by atoms with Crippen LogP contribution in [0.1, 0.15) is 40.5 Å². The zero-order valence-corrected chi connectivity index (χ0v) is 15.4. The molecule has 0 aromatic rings. The fourth-order valence-corrected chi connectivity index (χ4v) is 4.81. The molecule has 2 nitrogen and oxygen atoms in total. The molecule has 0 aromatic carbocycles. The van der Waals surface area contributed by atoms with Gasteiger partial charge in [0.1, 0.15) is 0 Å². The first-order chi connectivity index (χ1) is 7.33. The second kappa shape index (κ2) is 8.21. The minimum atomic E-state index is -0.874. The summed E-state index contributed by atoms with van der Waals surface area (Å²) in [5, 5.41) is 0.398. The third kappa shape index (κ3) is 9.12. The number of rotatable bonds is 9. The van der Waals surface area contributed by atoms with Gasteiger partial charge in [-0.15, -0.1) is 0 Å². The zero-order valence-electron chi connectivity index (χ0n) is 11.0. The van der Waals surface area contributed by atoms with E-state index in [1.165, 1.54) is 0 Å². The Morgan fingerprint density at radius 2 is 1.12 bits per heavy atom. The maximum Gasteiger partial charge on any atom is 0.162 e. The van der Waals surface area contributed by atoms with E-state index in [-0.39, 0.29) is 10.1 Å². The third-order valence-electron chi connectivity index (χ3n) is 2.66. The van der Waals surface area contributed by atoms with Crippen LogP contribution in [0.4, 0.5) is 0 Å². The molecule has 0 unspecified atom stereocenters. The van der Waals surface area contributed by atoms with Crippen molar-refractivity contribution < 1.29 is 9.59 Å². The van der Waals surface area contributed by atoms with Crippen LogP contribution in [0, 0.1) is 0 Å². The highest BCUT2D eigenvalue weighted by Gasteiger charge is 2.18. The van der Waals surface area contributed by atoms with Crippen molar-refractivity contribution in [1.82, 2.24) is 0 Å². The number of hydrogen-bond donors (Lipinski definition) is 2. The third-order valence-corrected chi connectivity index (χ3v) is 7.49. The van der Waals surface area contributed by atoms with Gasteiger partial charge in [-0.3, -0.25) is 0 Å². The zero-order chi connectivity index (χ0) is 12.7. The second-order valence-electron chi connectivity index (χ2n) is 5.79. The summed E-state index contributed by atoms with van der Waals surface area (Å²) in [6.45, 7) is 8.63. The Balaban J connectivity index is 3.42. The minimum Gasteiger partial charge on any atom is -0.438 e. The molecule has 0 amide bonds. The molecule has 0 heterocycles. The summed E-state index contributed by atoms with van der Waals surface area (Å²) in [5.74, 6) is 2.25. The molecule has 0 radical (unpaired) electrons. The largest absolute Gasteiger partial charge is 0.438 e. The second-order valence-corrected chi connectivity index (χ2v) is 13.0. The Labute approximate surface area is 113 Å². The monoisotopic (exact) mass is 298 g/mol. The Morgan fingerprint density at radius 3 is 1.38 bits per heavy atom. The van der Waals surface area contributed by atoms with Crippen LogP contribution in [0.15, 0.2) is 0 Å². The van der Waals surface area contributed by atoms with Gasteiger partial charge < -0.3 is 9.59 Å². The van der Waals surface area contributed by atoms with Crippen LogP contribution in [-0.4, -0.2) is 40.6 Å². The molecule has 0 aliphatic rings. The lowest BCUT2D eigenvalue weighted by molar-refractivity contribution is 0.517. The van der Waals surface area contributed by atoms with Crippen molar-refractivity contribution in [2.45, 2.75) is 50.6 Å². The summed E-state index contributed by atoms with van der Waals surface area (Å²) in [6, 6.07) is 0. The quantitative estimate of drug-likeness (QED) is 0.386. The van der Waals surface area contributed by atoms with Crippen molar-refractivity contribution in [3.63, 3.8) is 0 Å². The van der Waals surface area contributed by atoms with E-state index in [1.807, 2.05) is 21.6 Å². The Bertz CT molecular complexity index is 170. The lowest BCUT2D eigenvalue weighted by Gasteiger charge is -2.21. The molecular formula is C10H26O2S2Si2. The summed E-state index contributed by atoms with van der Waals surface area (Å²) >= 11 is 0. The fourth-order valence-electron chi connectivity index (χ4n) is 0.912. The highest BCUT2D eigenvalue weighted by atomic mass is 33.1. The highest BCUT2D eigenvalue weighted by Crippen LogP contribution is 2.35. The van der Waals surface area contributed by atoms with E-state index in [1.54, 1.807) is 0 Å². The van der Waals surface area contributed by atoms with E-state index in [9.17, 15) is 9.59 Å². The Hall–Kier alpha value is 1.05. The fraction of sp³-hybridized carbons (Fsp3) is 1.00. The molecule has 0 aliphatic heterocycles. The van der Waals surface area contributed by atoms with Crippen LogP contribution in [0.25, 0.3) is 0 Å². The molecule has 0 atom stereocenters. The van der Waals surface area contributed by atoms with Gasteiger partial charge in [-0.2, -0.15) is 0 Å². The molecule has 6 heteroatoms. The standard InChI is InChI=1S/C10H26O2S2Si2/c1-9(2,15-11)5-7-13-14-8-6-10(3,4)16-12/h11-12H,5-8,15-16H2,1-4H3. The van der Waals surface area contributed by atoms with E-state index in [2.05, 4.69) is 27.7 Å². The van der Waals surface area contributed by atoms with Gasteiger partial charge in [0.2, 0.25) is 0 Å². The molecule has 16 heavy (non-hydrogen) atoms. The van der Waals surface area contributed by atoms with Gasteiger partial charge in [0.15, 0.2) is 19.5 Å².